The van der Waals surface area contributed by atoms with E-state index in [9.17, 15) is 4.79 Å². The summed E-state index contributed by atoms with van der Waals surface area (Å²) >= 11 is 0. The van der Waals surface area contributed by atoms with Gasteiger partial charge in [-0.2, -0.15) is 0 Å². The summed E-state index contributed by atoms with van der Waals surface area (Å²) in [4.78, 5) is 12.5. The zero-order valence-electron chi connectivity index (χ0n) is 13.9. The van der Waals surface area contributed by atoms with Crippen LogP contribution in [0, 0.1) is 5.92 Å². The number of carbonyl (C=O) groups is 1. The monoisotopic (exact) mass is 311 g/mol. The van der Waals surface area contributed by atoms with Crippen LogP contribution in [0.2, 0.25) is 0 Å². The summed E-state index contributed by atoms with van der Waals surface area (Å²) in [5.41, 5.74) is 0.719. The maximum absolute atomic E-state index is 12.5. The van der Waals surface area contributed by atoms with Gasteiger partial charge in [-0.15, -0.1) is 0 Å². The van der Waals surface area contributed by atoms with E-state index in [1.807, 2.05) is 54.6 Å². The normalized spacial score (nSPS) is 11.7. The van der Waals surface area contributed by atoms with Gasteiger partial charge in [0, 0.05) is 5.92 Å². The number of rotatable bonds is 8. The number of unbranched alkanes of at least 4 members (excludes halogenated alkanes) is 1. The number of nitrogens with one attached hydrogen (secondary N) is 1. The molecule has 0 aliphatic carbocycles. The third-order valence-electron chi connectivity index (χ3n) is 3.89. The van der Waals surface area contributed by atoms with Gasteiger partial charge >= 0.3 is 0 Å². The first-order valence-electron chi connectivity index (χ1n) is 8.37. The highest BCUT2D eigenvalue weighted by atomic mass is 16.5. The number of anilines is 1. The molecule has 3 heteroatoms. The highest BCUT2D eigenvalue weighted by Gasteiger charge is 2.17. The van der Waals surface area contributed by atoms with Crippen molar-refractivity contribution in [3.05, 3.63) is 54.6 Å². The molecular weight excluding hydrogens is 286 g/mol. The van der Waals surface area contributed by atoms with Gasteiger partial charge in [0.05, 0.1) is 5.69 Å². The minimum Gasteiger partial charge on any atom is -0.455 e. The first kappa shape index (κ1) is 17.1. The van der Waals surface area contributed by atoms with Gasteiger partial charge in [0.2, 0.25) is 5.91 Å². The standard InChI is InChI=1S/C20H25NO2/c1-3-5-11-16(4-2)20(22)21-18-14-9-10-15-19(18)23-17-12-7-6-8-13-17/h6-10,12-16H,3-5,11H2,1-2H3,(H,21,22)/t16-/m1/s1. The number of hydrogen-bond donors (Lipinski definition) is 1. The molecule has 3 nitrogen and oxygen atoms in total. The molecule has 0 unspecified atom stereocenters. The fourth-order valence-corrected chi connectivity index (χ4v) is 2.48. The Balaban J connectivity index is 2.09. The maximum atomic E-state index is 12.5. The number of para-hydroxylation sites is 3. The molecule has 0 heterocycles. The van der Waals surface area contributed by atoms with Crippen LogP contribution in [0.3, 0.4) is 0 Å². The van der Waals surface area contributed by atoms with Crippen molar-refractivity contribution in [2.45, 2.75) is 39.5 Å². The van der Waals surface area contributed by atoms with Gasteiger partial charge in [-0.05, 0) is 37.1 Å². The van der Waals surface area contributed by atoms with E-state index in [4.69, 9.17) is 4.74 Å². The van der Waals surface area contributed by atoms with Crippen molar-refractivity contribution in [3.63, 3.8) is 0 Å². The molecule has 0 saturated heterocycles. The minimum atomic E-state index is 0.0553. The Morgan fingerprint density at radius 3 is 2.43 bits per heavy atom. The van der Waals surface area contributed by atoms with Gasteiger partial charge in [-0.25, -0.2) is 0 Å². The summed E-state index contributed by atoms with van der Waals surface area (Å²) in [6, 6.07) is 17.1. The first-order chi connectivity index (χ1) is 11.2. The summed E-state index contributed by atoms with van der Waals surface area (Å²) in [5.74, 6) is 1.55. The molecule has 1 amide bonds. The van der Waals surface area contributed by atoms with E-state index in [0.29, 0.717) is 5.75 Å². The summed E-state index contributed by atoms with van der Waals surface area (Å²) in [5, 5.41) is 3.03. The van der Waals surface area contributed by atoms with Crippen molar-refractivity contribution >= 4 is 11.6 Å². The topological polar surface area (TPSA) is 38.3 Å². The van der Waals surface area contributed by atoms with E-state index < -0.39 is 0 Å². The molecule has 0 saturated carbocycles. The molecule has 1 atom stereocenters. The smallest absolute Gasteiger partial charge is 0.227 e. The Bertz CT molecular complexity index is 610. The van der Waals surface area contributed by atoms with Gasteiger partial charge in [-0.1, -0.05) is 57.0 Å². The SMILES string of the molecule is CCCC[C@@H](CC)C(=O)Nc1ccccc1Oc1ccccc1. The van der Waals surface area contributed by atoms with Crippen molar-refractivity contribution in [3.8, 4) is 11.5 Å². The third-order valence-corrected chi connectivity index (χ3v) is 3.89. The molecule has 0 aliphatic rings. The number of carbonyl (C=O) groups excluding carboxylic acids is 1. The molecule has 122 valence electrons. The van der Waals surface area contributed by atoms with Gasteiger partial charge in [0.15, 0.2) is 5.75 Å². The van der Waals surface area contributed by atoms with Crippen LogP contribution in [0.5, 0.6) is 11.5 Å². The van der Waals surface area contributed by atoms with Crippen LogP contribution in [0.4, 0.5) is 5.69 Å². The van der Waals surface area contributed by atoms with E-state index in [-0.39, 0.29) is 11.8 Å². The van der Waals surface area contributed by atoms with Crippen LogP contribution in [0.15, 0.2) is 54.6 Å². The van der Waals surface area contributed by atoms with Crippen LogP contribution in [-0.2, 0) is 4.79 Å². The van der Waals surface area contributed by atoms with Gasteiger partial charge in [0.25, 0.3) is 0 Å². The Morgan fingerprint density at radius 2 is 1.74 bits per heavy atom. The fourth-order valence-electron chi connectivity index (χ4n) is 2.48. The highest BCUT2D eigenvalue weighted by Crippen LogP contribution is 2.30. The van der Waals surface area contributed by atoms with Crippen LogP contribution in [-0.4, -0.2) is 5.91 Å². The lowest BCUT2D eigenvalue weighted by Gasteiger charge is -2.17. The second-order valence-electron chi connectivity index (χ2n) is 5.65. The second-order valence-corrected chi connectivity index (χ2v) is 5.65. The van der Waals surface area contributed by atoms with Crippen LogP contribution in [0.1, 0.15) is 39.5 Å². The van der Waals surface area contributed by atoms with Crippen molar-refractivity contribution in [2.75, 3.05) is 5.32 Å². The summed E-state index contributed by atoms with van der Waals surface area (Å²) in [6.07, 6.45) is 3.97. The molecule has 2 aromatic carbocycles. The first-order valence-corrected chi connectivity index (χ1v) is 8.37. The summed E-state index contributed by atoms with van der Waals surface area (Å²) in [6.45, 7) is 4.21. The Morgan fingerprint density at radius 1 is 1.04 bits per heavy atom. The quantitative estimate of drug-likeness (QED) is 0.685. The summed E-state index contributed by atoms with van der Waals surface area (Å²) < 4.78 is 5.89. The molecule has 0 spiro atoms. The lowest BCUT2D eigenvalue weighted by molar-refractivity contribution is -0.120. The zero-order chi connectivity index (χ0) is 16.5. The molecule has 23 heavy (non-hydrogen) atoms. The van der Waals surface area contributed by atoms with E-state index in [2.05, 4.69) is 19.2 Å². The molecule has 0 aliphatic heterocycles. The molecule has 0 radical (unpaired) electrons. The molecular formula is C20H25NO2. The van der Waals surface area contributed by atoms with E-state index in [1.165, 1.54) is 0 Å². The second kappa shape index (κ2) is 8.99. The fraction of sp³-hybridized carbons (Fsp3) is 0.350. The average molecular weight is 311 g/mol. The van der Waals surface area contributed by atoms with Crippen molar-refractivity contribution in [1.82, 2.24) is 0 Å². The highest BCUT2D eigenvalue weighted by molar-refractivity contribution is 5.93. The molecule has 0 bridgehead atoms. The Labute approximate surface area is 138 Å². The van der Waals surface area contributed by atoms with Crippen molar-refractivity contribution < 1.29 is 9.53 Å². The average Bonchev–Trinajstić information content (AvgIpc) is 2.58. The van der Waals surface area contributed by atoms with Gasteiger partial charge < -0.3 is 10.1 Å². The van der Waals surface area contributed by atoms with E-state index in [1.54, 1.807) is 0 Å². The van der Waals surface area contributed by atoms with Crippen LogP contribution >= 0.6 is 0 Å². The number of benzene rings is 2. The Hall–Kier alpha value is -2.29. The van der Waals surface area contributed by atoms with Crippen LogP contribution in [0.25, 0.3) is 0 Å². The number of hydrogen-bond acceptors (Lipinski definition) is 2. The lowest BCUT2D eigenvalue weighted by Crippen LogP contribution is -2.22. The Kier molecular flexibility index (Phi) is 6.67. The molecule has 0 aromatic heterocycles. The molecule has 1 N–H and O–H groups in total. The van der Waals surface area contributed by atoms with Gasteiger partial charge in [0.1, 0.15) is 5.75 Å². The summed E-state index contributed by atoms with van der Waals surface area (Å²) in [7, 11) is 0. The third kappa shape index (κ3) is 5.13. The van der Waals surface area contributed by atoms with E-state index >= 15 is 0 Å². The molecule has 2 rings (SSSR count). The minimum absolute atomic E-state index is 0.0553. The van der Waals surface area contributed by atoms with Gasteiger partial charge in [-0.3, -0.25) is 4.79 Å². The zero-order valence-corrected chi connectivity index (χ0v) is 13.9. The lowest BCUT2D eigenvalue weighted by atomic mass is 9.98. The number of amides is 1. The van der Waals surface area contributed by atoms with Crippen LogP contribution < -0.4 is 10.1 Å². The predicted molar refractivity (Wildman–Crippen MR) is 94.9 cm³/mol. The van der Waals surface area contributed by atoms with E-state index in [0.717, 1.165) is 37.1 Å². The largest absolute Gasteiger partial charge is 0.455 e. The van der Waals surface area contributed by atoms with Crippen molar-refractivity contribution in [2.24, 2.45) is 5.92 Å². The molecule has 0 fully saturated rings. The molecule has 2 aromatic rings. The maximum Gasteiger partial charge on any atom is 0.227 e. The van der Waals surface area contributed by atoms with Crippen molar-refractivity contribution in [1.29, 1.82) is 0 Å². The predicted octanol–water partition coefficient (Wildman–Crippen LogP) is 5.63. The number of ether oxygens (including phenoxy) is 1.